The highest BCUT2D eigenvalue weighted by Gasteiger charge is 2.13. The molecule has 0 radical (unpaired) electrons. The first kappa shape index (κ1) is 17.8. The molecule has 0 saturated heterocycles. The predicted octanol–water partition coefficient (Wildman–Crippen LogP) is 4.14. The average molecular weight is 338 g/mol. The molecule has 0 amide bonds. The fourth-order valence-corrected chi connectivity index (χ4v) is 2.43. The van der Waals surface area contributed by atoms with Crippen LogP contribution in [-0.4, -0.2) is 23.3 Å². The minimum absolute atomic E-state index is 0.114. The monoisotopic (exact) mass is 337 g/mol. The van der Waals surface area contributed by atoms with Crippen molar-refractivity contribution in [2.24, 2.45) is 0 Å². The normalized spacial score (nSPS) is 12.6. The Morgan fingerprint density at radius 2 is 2.09 bits per heavy atom. The van der Waals surface area contributed by atoms with Gasteiger partial charge < -0.3 is 14.6 Å². The van der Waals surface area contributed by atoms with Gasteiger partial charge in [-0.05, 0) is 32.0 Å². The lowest BCUT2D eigenvalue weighted by atomic mass is 10.1. The molecule has 0 bridgehead atoms. The van der Waals surface area contributed by atoms with Gasteiger partial charge in [-0.15, -0.1) is 0 Å². The Bertz CT molecular complexity index is 628. The number of hydrogen-bond acceptors (Lipinski definition) is 5. The van der Waals surface area contributed by atoms with E-state index in [4.69, 9.17) is 20.9 Å². The smallest absolute Gasteiger partial charge is 0.227 e. The van der Waals surface area contributed by atoms with Gasteiger partial charge in [-0.25, -0.2) is 0 Å². The van der Waals surface area contributed by atoms with Gasteiger partial charge in [-0.1, -0.05) is 30.6 Å². The number of aromatic nitrogens is 2. The highest BCUT2D eigenvalue weighted by atomic mass is 35.5. The highest BCUT2D eigenvalue weighted by Crippen LogP contribution is 2.28. The van der Waals surface area contributed by atoms with Crippen molar-refractivity contribution in [3.63, 3.8) is 0 Å². The molecular formula is C17H24ClN3O2. The largest absolute Gasteiger partial charge is 0.494 e. The SMILES string of the molecule is CCOc1ccc(Cl)cc1C(C)NCCc1nc(C(C)C)no1. The molecule has 6 heteroatoms. The predicted molar refractivity (Wildman–Crippen MR) is 91.1 cm³/mol. The van der Waals surface area contributed by atoms with Crippen molar-refractivity contribution in [2.45, 2.75) is 46.1 Å². The van der Waals surface area contributed by atoms with Gasteiger partial charge >= 0.3 is 0 Å². The van der Waals surface area contributed by atoms with E-state index in [-0.39, 0.29) is 12.0 Å². The third-order valence-corrected chi connectivity index (χ3v) is 3.76. The first-order valence-electron chi connectivity index (χ1n) is 7.99. The van der Waals surface area contributed by atoms with Crippen molar-refractivity contribution in [2.75, 3.05) is 13.2 Å². The Hall–Kier alpha value is -1.59. The quantitative estimate of drug-likeness (QED) is 0.784. The third kappa shape index (κ3) is 4.94. The number of rotatable bonds is 8. The number of halogens is 1. The number of nitrogens with one attached hydrogen (secondary N) is 1. The molecule has 0 aliphatic carbocycles. The van der Waals surface area contributed by atoms with Crippen molar-refractivity contribution in [3.8, 4) is 5.75 Å². The molecule has 0 saturated carbocycles. The van der Waals surface area contributed by atoms with Crippen molar-refractivity contribution in [3.05, 3.63) is 40.5 Å². The summed E-state index contributed by atoms with van der Waals surface area (Å²) < 4.78 is 10.9. The van der Waals surface area contributed by atoms with Gasteiger partial charge in [0, 0.05) is 35.5 Å². The Morgan fingerprint density at radius 1 is 1.30 bits per heavy atom. The molecule has 1 heterocycles. The molecule has 0 aliphatic heterocycles. The van der Waals surface area contributed by atoms with E-state index < -0.39 is 0 Å². The fraction of sp³-hybridized carbons (Fsp3) is 0.529. The second-order valence-electron chi connectivity index (χ2n) is 5.74. The third-order valence-electron chi connectivity index (χ3n) is 3.53. The van der Waals surface area contributed by atoms with Crippen molar-refractivity contribution in [1.82, 2.24) is 15.5 Å². The van der Waals surface area contributed by atoms with E-state index in [1.807, 2.05) is 39.0 Å². The summed E-state index contributed by atoms with van der Waals surface area (Å²) in [6.45, 7) is 9.51. The summed E-state index contributed by atoms with van der Waals surface area (Å²) in [4.78, 5) is 4.38. The molecule has 2 aromatic rings. The molecule has 0 aliphatic rings. The van der Waals surface area contributed by atoms with E-state index in [2.05, 4.69) is 22.4 Å². The van der Waals surface area contributed by atoms with Crippen LogP contribution in [0.3, 0.4) is 0 Å². The van der Waals surface area contributed by atoms with Crippen molar-refractivity contribution >= 4 is 11.6 Å². The summed E-state index contributed by atoms with van der Waals surface area (Å²) >= 11 is 6.11. The summed E-state index contributed by atoms with van der Waals surface area (Å²) in [5, 5.41) is 8.12. The molecule has 1 N–H and O–H groups in total. The topological polar surface area (TPSA) is 60.2 Å². The van der Waals surface area contributed by atoms with Gasteiger partial charge in [0.1, 0.15) is 5.75 Å². The van der Waals surface area contributed by atoms with Crippen LogP contribution in [0.1, 0.15) is 56.9 Å². The van der Waals surface area contributed by atoms with Gasteiger partial charge in [0.15, 0.2) is 5.82 Å². The summed E-state index contributed by atoms with van der Waals surface area (Å²) in [6.07, 6.45) is 0.689. The Morgan fingerprint density at radius 3 is 2.74 bits per heavy atom. The zero-order valence-electron chi connectivity index (χ0n) is 14.1. The van der Waals surface area contributed by atoms with Crippen LogP contribution >= 0.6 is 11.6 Å². The molecule has 0 fully saturated rings. The minimum atomic E-state index is 0.114. The van der Waals surface area contributed by atoms with Crippen LogP contribution in [0.15, 0.2) is 22.7 Å². The van der Waals surface area contributed by atoms with Crippen LogP contribution in [0.25, 0.3) is 0 Å². The lowest BCUT2D eigenvalue weighted by Gasteiger charge is -2.18. The van der Waals surface area contributed by atoms with Crippen LogP contribution in [0.2, 0.25) is 5.02 Å². The molecule has 1 aromatic heterocycles. The highest BCUT2D eigenvalue weighted by molar-refractivity contribution is 6.30. The molecule has 1 aromatic carbocycles. The second kappa shape index (κ2) is 8.31. The zero-order valence-corrected chi connectivity index (χ0v) is 14.9. The molecule has 0 spiro atoms. The van der Waals surface area contributed by atoms with E-state index >= 15 is 0 Å². The van der Waals surface area contributed by atoms with Crippen molar-refractivity contribution < 1.29 is 9.26 Å². The lowest BCUT2D eigenvalue weighted by Crippen LogP contribution is -2.22. The van der Waals surface area contributed by atoms with Gasteiger partial charge in [-0.2, -0.15) is 4.98 Å². The van der Waals surface area contributed by atoms with Crippen LogP contribution in [0.4, 0.5) is 0 Å². The van der Waals surface area contributed by atoms with E-state index in [1.165, 1.54) is 0 Å². The Labute approximate surface area is 142 Å². The van der Waals surface area contributed by atoms with Gasteiger partial charge in [0.2, 0.25) is 5.89 Å². The zero-order chi connectivity index (χ0) is 16.8. The number of nitrogens with zero attached hydrogens (tertiary/aromatic N) is 2. The van der Waals surface area contributed by atoms with Crippen LogP contribution in [0, 0.1) is 0 Å². The molecule has 2 rings (SSSR count). The van der Waals surface area contributed by atoms with E-state index in [0.29, 0.717) is 23.9 Å². The van der Waals surface area contributed by atoms with Crippen LogP contribution < -0.4 is 10.1 Å². The molecule has 5 nitrogen and oxygen atoms in total. The number of benzene rings is 1. The van der Waals surface area contributed by atoms with Gasteiger partial charge in [0.25, 0.3) is 0 Å². The second-order valence-corrected chi connectivity index (χ2v) is 6.18. The maximum Gasteiger partial charge on any atom is 0.227 e. The average Bonchev–Trinajstić information content (AvgIpc) is 2.98. The van der Waals surface area contributed by atoms with Crippen molar-refractivity contribution in [1.29, 1.82) is 0 Å². The number of ether oxygens (including phenoxy) is 1. The summed E-state index contributed by atoms with van der Waals surface area (Å²) in [7, 11) is 0. The molecule has 23 heavy (non-hydrogen) atoms. The Kier molecular flexibility index (Phi) is 6.42. The summed E-state index contributed by atoms with van der Waals surface area (Å²) in [5.41, 5.74) is 1.05. The first-order valence-corrected chi connectivity index (χ1v) is 8.37. The number of hydrogen-bond donors (Lipinski definition) is 1. The van der Waals surface area contributed by atoms with Crippen LogP contribution in [-0.2, 0) is 6.42 Å². The Balaban J connectivity index is 1.93. The molecule has 1 unspecified atom stereocenters. The fourth-order valence-electron chi connectivity index (χ4n) is 2.25. The molecular weight excluding hydrogens is 314 g/mol. The van der Waals surface area contributed by atoms with Crippen LogP contribution in [0.5, 0.6) is 5.75 Å². The first-order chi connectivity index (χ1) is 11.0. The minimum Gasteiger partial charge on any atom is -0.494 e. The van der Waals surface area contributed by atoms with E-state index in [9.17, 15) is 0 Å². The van der Waals surface area contributed by atoms with E-state index in [0.717, 1.165) is 23.7 Å². The molecule has 1 atom stereocenters. The summed E-state index contributed by atoms with van der Waals surface area (Å²) in [6, 6.07) is 5.80. The molecule has 126 valence electrons. The maximum atomic E-state index is 6.11. The maximum absolute atomic E-state index is 6.11. The van der Waals surface area contributed by atoms with Gasteiger partial charge in [-0.3, -0.25) is 0 Å². The summed E-state index contributed by atoms with van der Waals surface area (Å²) in [5.74, 6) is 2.54. The lowest BCUT2D eigenvalue weighted by molar-refractivity contribution is 0.331. The standard InChI is InChI=1S/C17H24ClN3O2/c1-5-22-15-7-6-13(18)10-14(15)12(4)19-9-8-16-20-17(11(2)3)21-23-16/h6-7,10-12,19H,5,8-9H2,1-4H3. The van der Waals surface area contributed by atoms with E-state index in [1.54, 1.807) is 0 Å². The van der Waals surface area contributed by atoms with Gasteiger partial charge in [0.05, 0.1) is 6.61 Å².